The van der Waals surface area contributed by atoms with Crippen LogP contribution in [0, 0.1) is 0 Å². The molecule has 1 aromatic heterocycles. The van der Waals surface area contributed by atoms with E-state index in [1.807, 2.05) is 24.4 Å². The molecule has 1 heterocycles. The van der Waals surface area contributed by atoms with Gasteiger partial charge in [0.2, 0.25) is 0 Å². The van der Waals surface area contributed by atoms with Crippen LogP contribution in [-0.2, 0) is 19.6 Å². The molecule has 0 radical (unpaired) electrons. The number of rotatable bonds is 6. The van der Waals surface area contributed by atoms with Crippen LogP contribution in [0.25, 0.3) is 0 Å². The number of pyridine rings is 1. The standard InChI is InChI=1S/C16H21N3O/c1-18(9-10-19-8-3-2-7-16(19)20)13-15-6-4-5-14(11-15)12-17/h2-8,11H,9-10,12-13,17H2,1H3. The van der Waals surface area contributed by atoms with Gasteiger partial charge in [0.05, 0.1) is 0 Å². The summed E-state index contributed by atoms with van der Waals surface area (Å²) in [5.74, 6) is 0. The van der Waals surface area contributed by atoms with Crippen molar-refractivity contribution in [2.45, 2.75) is 19.6 Å². The molecule has 2 rings (SSSR count). The third kappa shape index (κ3) is 4.05. The Bertz CT molecular complexity index is 606. The number of benzene rings is 1. The molecule has 20 heavy (non-hydrogen) atoms. The van der Waals surface area contributed by atoms with Crippen LogP contribution in [0.5, 0.6) is 0 Å². The Balaban J connectivity index is 1.91. The van der Waals surface area contributed by atoms with Crippen LogP contribution in [0.1, 0.15) is 11.1 Å². The molecule has 0 fully saturated rings. The lowest BCUT2D eigenvalue weighted by Gasteiger charge is -2.17. The van der Waals surface area contributed by atoms with Crippen molar-refractivity contribution in [1.82, 2.24) is 9.47 Å². The Morgan fingerprint density at radius 1 is 1.15 bits per heavy atom. The van der Waals surface area contributed by atoms with Crippen LogP contribution >= 0.6 is 0 Å². The van der Waals surface area contributed by atoms with Crippen LogP contribution in [0.15, 0.2) is 53.5 Å². The van der Waals surface area contributed by atoms with Crippen LogP contribution < -0.4 is 11.3 Å². The summed E-state index contributed by atoms with van der Waals surface area (Å²) in [5.41, 5.74) is 8.09. The Kier molecular flexibility index (Phi) is 5.09. The SMILES string of the molecule is CN(CCn1ccccc1=O)Cc1cccc(CN)c1. The second kappa shape index (κ2) is 7.03. The molecule has 106 valence electrons. The van der Waals surface area contributed by atoms with Crippen molar-refractivity contribution in [2.24, 2.45) is 5.73 Å². The zero-order valence-corrected chi connectivity index (χ0v) is 11.8. The van der Waals surface area contributed by atoms with E-state index < -0.39 is 0 Å². The maximum absolute atomic E-state index is 11.6. The second-order valence-electron chi connectivity index (χ2n) is 4.99. The van der Waals surface area contributed by atoms with Crippen molar-refractivity contribution >= 4 is 0 Å². The van der Waals surface area contributed by atoms with E-state index in [1.165, 1.54) is 5.56 Å². The minimum atomic E-state index is 0.0472. The van der Waals surface area contributed by atoms with E-state index in [9.17, 15) is 4.79 Å². The molecule has 0 aliphatic heterocycles. The third-order valence-corrected chi connectivity index (χ3v) is 3.30. The highest BCUT2D eigenvalue weighted by molar-refractivity contribution is 5.23. The molecule has 2 N–H and O–H groups in total. The molecular weight excluding hydrogens is 250 g/mol. The topological polar surface area (TPSA) is 51.3 Å². The first kappa shape index (κ1) is 14.5. The maximum Gasteiger partial charge on any atom is 0.250 e. The number of hydrogen-bond acceptors (Lipinski definition) is 3. The molecule has 4 heteroatoms. The van der Waals surface area contributed by atoms with Gasteiger partial charge >= 0.3 is 0 Å². The zero-order chi connectivity index (χ0) is 14.4. The molecule has 2 aromatic rings. The van der Waals surface area contributed by atoms with E-state index >= 15 is 0 Å². The number of hydrogen-bond donors (Lipinski definition) is 1. The Morgan fingerprint density at radius 3 is 2.70 bits per heavy atom. The largest absolute Gasteiger partial charge is 0.326 e. The van der Waals surface area contributed by atoms with Gasteiger partial charge in [-0.25, -0.2) is 0 Å². The van der Waals surface area contributed by atoms with Gasteiger partial charge in [-0.05, 0) is 24.2 Å². The molecule has 0 unspecified atom stereocenters. The minimum absolute atomic E-state index is 0.0472. The predicted octanol–water partition coefficient (Wildman–Crippen LogP) is 1.44. The second-order valence-corrected chi connectivity index (χ2v) is 4.99. The summed E-state index contributed by atoms with van der Waals surface area (Å²) in [6.07, 6.45) is 1.82. The predicted molar refractivity (Wildman–Crippen MR) is 81.4 cm³/mol. The summed E-state index contributed by atoms with van der Waals surface area (Å²) in [6.45, 7) is 2.95. The maximum atomic E-state index is 11.6. The first-order valence-electron chi connectivity index (χ1n) is 6.81. The fourth-order valence-electron chi connectivity index (χ4n) is 2.17. The summed E-state index contributed by atoms with van der Waals surface area (Å²) in [6, 6.07) is 13.5. The van der Waals surface area contributed by atoms with Crippen LogP contribution in [-0.4, -0.2) is 23.1 Å². The zero-order valence-electron chi connectivity index (χ0n) is 11.8. The van der Waals surface area contributed by atoms with Gasteiger partial charge in [-0.15, -0.1) is 0 Å². The van der Waals surface area contributed by atoms with Gasteiger partial charge in [-0.2, -0.15) is 0 Å². The molecule has 0 aliphatic rings. The summed E-state index contributed by atoms with van der Waals surface area (Å²) in [4.78, 5) is 13.8. The van der Waals surface area contributed by atoms with Gasteiger partial charge in [-0.1, -0.05) is 30.3 Å². The van der Waals surface area contributed by atoms with Crippen molar-refractivity contribution < 1.29 is 0 Å². The first-order valence-corrected chi connectivity index (χ1v) is 6.81. The Labute approximate surface area is 119 Å². The smallest absolute Gasteiger partial charge is 0.250 e. The van der Waals surface area contributed by atoms with E-state index in [0.29, 0.717) is 13.1 Å². The van der Waals surface area contributed by atoms with Crippen molar-refractivity contribution in [3.8, 4) is 0 Å². The van der Waals surface area contributed by atoms with Crippen LogP contribution in [0.4, 0.5) is 0 Å². The number of aromatic nitrogens is 1. The number of nitrogens with two attached hydrogens (primary N) is 1. The average molecular weight is 271 g/mol. The summed E-state index contributed by atoms with van der Waals surface area (Å²) < 4.78 is 1.73. The Hall–Kier alpha value is -1.91. The number of nitrogens with zero attached hydrogens (tertiary/aromatic N) is 2. The summed E-state index contributed by atoms with van der Waals surface area (Å²) in [5, 5.41) is 0. The van der Waals surface area contributed by atoms with Crippen molar-refractivity contribution in [1.29, 1.82) is 0 Å². The van der Waals surface area contributed by atoms with Gasteiger partial charge in [-0.3, -0.25) is 4.79 Å². The first-order chi connectivity index (χ1) is 9.69. The normalized spacial score (nSPS) is 10.9. The van der Waals surface area contributed by atoms with Crippen molar-refractivity contribution in [3.63, 3.8) is 0 Å². The highest BCUT2D eigenvalue weighted by atomic mass is 16.1. The number of likely N-dealkylation sites (N-methyl/N-ethyl adjacent to an activating group) is 1. The van der Waals surface area contributed by atoms with E-state index in [2.05, 4.69) is 24.1 Å². The van der Waals surface area contributed by atoms with Crippen LogP contribution in [0.2, 0.25) is 0 Å². The van der Waals surface area contributed by atoms with Crippen LogP contribution in [0.3, 0.4) is 0 Å². The van der Waals surface area contributed by atoms with E-state index in [1.54, 1.807) is 16.7 Å². The van der Waals surface area contributed by atoms with E-state index in [0.717, 1.165) is 18.7 Å². The third-order valence-electron chi connectivity index (χ3n) is 3.30. The van der Waals surface area contributed by atoms with E-state index in [-0.39, 0.29) is 5.56 Å². The molecule has 0 spiro atoms. The van der Waals surface area contributed by atoms with Gasteiger partial charge in [0, 0.05) is 38.4 Å². The van der Waals surface area contributed by atoms with E-state index in [4.69, 9.17) is 5.73 Å². The molecule has 1 aromatic carbocycles. The quantitative estimate of drug-likeness (QED) is 0.865. The fourth-order valence-corrected chi connectivity index (χ4v) is 2.17. The summed E-state index contributed by atoms with van der Waals surface area (Å²) in [7, 11) is 2.06. The van der Waals surface area contributed by atoms with Crippen molar-refractivity contribution in [2.75, 3.05) is 13.6 Å². The lowest BCUT2D eigenvalue weighted by molar-refractivity contribution is 0.309. The molecule has 0 bridgehead atoms. The molecule has 4 nitrogen and oxygen atoms in total. The van der Waals surface area contributed by atoms with Gasteiger partial charge in [0.25, 0.3) is 5.56 Å². The molecule has 0 amide bonds. The minimum Gasteiger partial charge on any atom is -0.326 e. The molecule has 0 atom stereocenters. The van der Waals surface area contributed by atoms with Crippen molar-refractivity contribution in [3.05, 3.63) is 70.1 Å². The Morgan fingerprint density at radius 2 is 1.95 bits per heavy atom. The lowest BCUT2D eigenvalue weighted by atomic mass is 10.1. The lowest BCUT2D eigenvalue weighted by Crippen LogP contribution is -2.27. The van der Waals surface area contributed by atoms with Gasteiger partial charge in [0.1, 0.15) is 0 Å². The molecule has 0 saturated heterocycles. The molecule has 0 aliphatic carbocycles. The molecule has 0 saturated carbocycles. The fraction of sp³-hybridized carbons (Fsp3) is 0.312. The van der Waals surface area contributed by atoms with Gasteiger partial charge < -0.3 is 15.2 Å². The highest BCUT2D eigenvalue weighted by Gasteiger charge is 2.02. The van der Waals surface area contributed by atoms with Gasteiger partial charge in [0.15, 0.2) is 0 Å². The molecular formula is C16H21N3O. The average Bonchev–Trinajstić information content (AvgIpc) is 2.46. The summed E-state index contributed by atoms with van der Waals surface area (Å²) >= 11 is 0. The monoisotopic (exact) mass is 271 g/mol. The highest BCUT2D eigenvalue weighted by Crippen LogP contribution is 2.07.